The smallest absolute Gasteiger partial charge is 0.254 e. The van der Waals surface area contributed by atoms with Crippen LogP contribution in [0.5, 0.6) is 0 Å². The van der Waals surface area contributed by atoms with Gasteiger partial charge in [-0.25, -0.2) is 0 Å². The zero-order valence-corrected chi connectivity index (χ0v) is 20.5. The average molecular weight is 488 g/mol. The number of nitrogens with zero attached hydrogens (tertiary/aromatic N) is 5. The summed E-state index contributed by atoms with van der Waals surface area (Å²) < 4.78 is 5.66. The fourth-order valence-electron chi connectivity index (χ4n) is 4.94. The second-order valence-electron chi connectivity index (χ2n) is 9.21. The van der Waals surface area contributed by atoms with E-state index >= 15 is 0 Å². The molecule has 0 bridgehead atoms. The van der Waals surface area contributed by atoms with E-state index in [9.17, 15) is 9.59 Å². The molecule has 2 saturated heterocycles. The van der Waals surface area contributed by atoms with Gasteiger partial charge < -0.3 is 19.2 Å². The number of hydrogen-bond acceptors (Lipinski definition) is 7. The van der Waals surface area contributed by atoms with Crippen molar-refractivity contribution in [1.29, 1.82) is 0 Å². The lowest BCUT2D eigenvalue weighted by molar-refractivity contribution is -0.129. The summed E-state index contributed by atoms with van der Waals surface area (Å²) in [6.45, 7) is 3.28. The van der Waals surface area contributed by atoms with E-state index in [1.807, 2.05) is 59.5 Å². The monoisotopic (exact) mass is 487 g/mol. The molecular formula is C27H29N5O4. The van der Waals surface area contributed by atoms with Crippen LogP contribution in [0, 0.1) is 0 Å². The third-order valence-electron chi connectivity index (χ3n) is 6.93. The number of amides is 2. The van der Waals surface area contributed by atoms with Gasteiger partial charge >= 0.3 is 0 Å². The second kappa shape index (κ2) is 10.3. The van der Waals surface area contributed by atoms with Crippen molar-refractivity contribution in [3.8, 4) is 11.1 Å². The average Bonchev–Trinajstić information content (AvgIpc) is 3.57. The van der Waals surface area contributed by atoms with Crippen molar-refractivity contribution in [3.05, 3.63) is 71.9 Å². The summed E-state index contributed by atoms with van der Waals surface area (Å²) in [7, 11) is 1.49. The number of aromatic nitrogens is 2. The van der Waals surface area contributed by atoms with E-state index in [0.717, 1.165) is 29.7 Å². The number of hydrogen-bond donors (Lipinski definition) is 0. The fraction of sp³-hybridized carbons (Fsp3) is 0.370. The van der Waals surface area contributed by atoms with Gasteiger partial charge in [0.25, 0.3) is 5.91 Å². The van der Waals surface area contributed by atoms with Gasteiger partial charge in [-0.2, -0.15) is 4.98 Å². The minimum absolute atomic E-state index is 0.0871. The van der Waals surface area contributed by atoms with Gasteiger partial charge in [0.05, 0.1) is 12.3 Å². The number of benzene rings is 2. The van der Waals surface area contributed by atoms with Crippen LogP contribution in [0.3, 0.4) is 0 Å². The lowest BCUT2D eigenvalue weighted by Crippen LogP contribution is -2.36. The first kappa shape index (κ1) is 23.7. The molecule has 2 aliphatic rings. The van der Waals surface area contributed by atoms with Crippen LogP contribution >= 0.6 is 0 Å². The molecule has 0 N–H and O–H groups in total. The Morgan fingerprint density at radius 2 is 1.72 bits per heavy atom. The maximum atomic E-state index is 13.5. The van der Waals surface area contributed by atoms with Gasteiger partial charge in [-0.05, 0) is 36.1 Å². The number of rotatable bonds is 5. The first-order valence-electron chi connectivity index (χ1n) is 12.2. The second-order valence-corrected chi connectivity index (χ2v) is 9.21. The molecule has 0 radical (unpaired) electrons. The molecule has 2 fully saturated rings. The lowest BCUT2D eigenvalue weighted by Gasteiger charge is -2.29. The molecule has 3 heterocycles. The van der Waals surface area contributed by atoms with Gasteiger partial charge in [0.15, 0.2) is 5.82 Å². The summed E-state index contributed by atoms with van der Waals surface area (Å²) in [6, 6.07) is 17.2. The first-order valence-corrected chi connectivity index (χ1v) is 12.2. The molecule has 9 nitrogen and oxygen atoms in total. The SMILES string of the molecule is CON=C1C[C@@H](c2nc(C3CCN(C(C)=O)CC3)no2)N(C(=O)c2ccc(-c3ccccc3)cc2)C1. The molecule has 1 aromatic heterocycles. The highest BCUT2D eigenvalue weighted by Gasteiger charge is 2.39. The van der Waals surface area contributed by atoms with E-state index in [1.54, 1.807) is 11.8 Å². The van der Waals surface area contributed by atoms with Crippen molar-refractivity contribution in [2.45, 2.75) is 38.1 Å². The van der Waals surface area contributed by atoms with Crippen LogP contribution < -0.4 is 0 Å². The van der Waals surface area contributed by atoms with Crippen LogP contribution in [0.1, 0.15) is 60.2 Å². The molecule has 3 aromatic rings. The summed E-state index contributed by atoms with van der Waals surface area (Å²) in [5, 5.41) is 8.33. The number of carbonyl (C=O) groups is 2. The largest absolute Gasteiger partial charge is 0.399 e. The van der Waals surface area contributed by atoms with E-state index in [-0.39, 0.29) is 17.7 Å². The number of likely N-dealkylation sites (tertiary alicyclic amines) is 2. The molecule has 186 valence electrons. The normalized spacial score (nSPS) is 19.6. The van der Waals surface area contributed by atoms with Gasteiger partial charge in [0, 0.05) is 37.9 Å². The molecule has 0 spiro atoms. The highest BCUT2D eigenvalue weighted by atomic mass is 16.6. The number of carbonyl (C=O) groups excluding carboxylic acids is 2. The maximum absolute atomic E-state index is 13.5. The van der Waals surface area contributed by atoms with Crippen molar-refractivity contribution in [3.63, 3.8) is 0 Å². The summed E-state index contributed by atoms with van der Waals surface area (Å²) in [5.74, 6) is 1.11. The molecule has 2 amide bonds. The maximum Gasteiger partial charge on any atom is 0.254 e. The molecule has 1 atom stereocenters. The Morgan fingerprint density at radius 3 is 2.39 bits per heavy atom. The minimum atomic E-state index is -0.418. The number of oxime groups is 1. The predicted octanol–water partition coefficient (Wildman–Crippen LogP) is 4.05. The zero-order chi connectivity index (χ0) is 25.1. The third-order valence-corrected chi connectivity index (χ3v) is 6.93. The van der Waals surface area contributed by atoms with Crippen LogP contribution in [0.15, 0.2) is 64.3 Å². The van der Waals surface area contributed by atoms with Gasteiger partial charge in [0.2, 0.25) is 11.8 Å². The summed E-state index contributed by atoms with van der Waals surface area (Å²) in [6.07, 6.45) is 2.04. The highest BCUT2D eigenvalue weighted by Crippen LogP contribution is 2.34. The Kier molecular flexibility index (Phi) is 6.79. The zero-order valence-electron chi connectivity index (χ0n) is 20.5. The van der Waals surface area contributed by atoms with Crippen molar-refractivity contribution < 1.29 is 18.9 Å². The molecule has 2 aromatic carbocycles. The van der Waals surface area contributed by atoms with E-state index in [4.69, 9.17) is 9.36 Å². The van der Waals surface area contributed by atoms with Gasteiger partial charge in [-0.3, -0.25) is 9.59 Å². The molecule has 36 heavy (non-hydrogen) atoms. The quantitative estimate of drug-likeness (QED) is 0.503. The predicted molar refractivity (Wildman–Crippen MR) is 133 cm³/mol. The van der Waals surface area contributed by atoms with Gasteiger partial charge in [-0.15, -0.1) is 0 Å². The Labute approximate surface area is 209 Å². The molecule has 9 heteroatoms. The van der Waals surface area contributed by atoms with E-state index in [1.165, 1.54) is 7.11 Å². The first-order chi connectivity index (χ1) is 17.5. The van der Waals surface area contributed by atoms with E-state index < -0.39 is 6.04 Å². The molecular weight excluding hydrogens is 458 g/mol. The van der Waals surface area contributed by atoms with Crippen LogP contribution in [-0.2, 0) is 9.63 Å². The summed E-state index contributed by atoms with van der Waals surface area (Å²) >= 11 is 0. The van der Waals surface area contributed by atoms with E-state index in [0.29, 0.717) is 43.3 Å². The standard InChI is InChI=1S/C27H29N5O4/c1-18(33)31-14-12-21(13-15-31)25-28-26(36-30-25)24-16-23(29-35-2)17-32(24)27(34)22-10-8-20(9-11-22)19-6-4-3-5-7-19/h3-11,21,24H,12-17H2,1-2H3/t24-/m0/s1. The minimum Gasteiger partial charge on any atom is -0.399 e. The van der Waals surface area contributed by atoms with Crippen LogP contribution in [0.4, 0.5) is 0 Å². The van der Waals surface area contributed by atoms with Crippen molar-refractivity contribution in [1.82, 2.24) is 19.9 Å². The Morgan fingerprint density at radius 1 is 1.03 bits per heavy atom. The van der Waals surface area contributed by atoms with Gasteiger partial charge in [0.1, 0.15) is 13.2 Å². The van der Waals surface area contributed by atoms with Crippen LogP contribution in [0.25, 0.3) is 11.1 Å². The Bertz CT molecular complexity index is 1250. The number of piperidine rings is 1. The van der Waals surface area contributed by atoms with Crippen molar-refractivity contribution in [2.24, 2.45) is 5.16 Å². The van der Waals surface area contributed by atoms with Crippen molar-refractivity contribution >= 4 is 17.5 Å². The fourth-order valence-corrected chi connectivity index (χ4v) is 4.94. The third kappa shape index (κ3) is 4.86. The molecule has 5 rings (SSSR count). The molecule has 2 aliphatic heterocycles. The molecule has 0 saturated carbocycles. The highest BCUT2D eigenvalue weighted by molar-refractivity contribution is 6.00. The summed E-state index contributed by atoms with van der Waals surface area (Å²) in [4.78, 5) is 38.4. The topological polar surface area (TPSA) is 101 Å². The summed E-state index contributed by atoms with van der Waals surface area (Å²) in [5.41, 5.74) is 3.46. The van der Waals surface area contributed by atoms with Crippen molar-refractivity contribution in [2.75, 3.05) is 26.7 Å². The van der Waals surface area contributed by atoms with E-state index in [2.05, 4.69) is 15.3 Å². The molecule has 0 unspecified atom stereocenters. The Hall–Kier alpha value is -4.01. The van der Waals surface area contributed by atoms with Crippen LogP contribution in [-0.4, -0.2) is 64.2 Å². The van der Waals surface area contributed by atoms with Crippen LogP contribution in [0.2, 0.25) is 0 Å². The molecule has 0 aliphatic carbocycles. The van der Waals surface area contributed by atoms with Gasteiger partial charge in [-0.1, -0.05) is 52.8 Å². The Balaban J connectivity index is 1.34. The lowest BCUT2D eigenvalue weighted by atomic mass is 9.96.